The van der Waals surface area contributed by atoms with Crippen LogP contribution in [0, 0.1) is 17.1 Å². The zero-order valence-electron chi connectivity index (χ0n) is 8.24. The molecule has 78 valence electrons. The summed E-state index contributed by atoms with van der Waals surface area (Å²) in [5, 5.41) is 8.76. The van der Waals surface area contributed by atoms with Gasteiger partial charge in [-0.2, -0.15) is 5.26 Å². The third kappa shape index (κ3) is 2.29. The molecule has 0 fully saturated rings. The Labute approximate surface area is 101 Å². The van der Waals surface area contributed by atoms with Crippen LogP contribution in [0.5, 0.6) is 0 Å². The van der Waals surface area contributed by atoms with E-state index in [2.05, 4.69) is 15.9 Å². The number of hydrogen-bond donors (Lipinski definition) is 0. The molecule has 0 atom stereocenters. The van der Waals surface area contributed by atoms with E-state index in [0.29, 0.717) is 11.1 Å². The molecule has 16 heavy (non-hydrogen) atoms. The van der Waals surface area contributed by atoms with Gasteiger partial charge in [-0.1, -0.05) is 28.1 Å². The molecule has 0 heterocycles. The lowest BCUT2D eigenvalue weighted by molar-refractivity contribution is 0.628. The van der Waals surface area contributed by atoms with Crippen molar-refractivity contribution in [1.82, 2.24) is 0 Å². The fraction of sp³-hybridized carbons (Fsp3) is 0. The second kappa shape index (κ2) is 4.46. The van der Waals surface area contributed by atoms with Gasteiger partial charge in [0.05, 0.1) is 11.6 Å². The van der Waals surface area contributed by atoms with Gasteiger partial charge in [0.2, 0.25) is 0 Å². The van der Waals surface area contributed by atoms with Crippen LogP contribution in [-0.4, -0.2) is 0 Å². The SMILES string of the molecule is N#Cc1cc(F)cc(-c2cccc(Br)c2)c1. The Morgan fingerprint density at radius 2 is 1.88 bits per heavy atom. The van der Waals surface area contributed by atoms with Gasteiger partial charge in [0.15, 0.2) is 0 Å². The minimum atomic E-state index is -0.394. The summed E-state index contributed by atoms with van der Waals surface area (Å²) < 4.78 is 14.2. The Morgan fingerprint density at radius 1 is 1.06 bits per heavy atom. The average molecular weight is 276 g/mol. The molecule has 1 nitrogen and oxygen atoms in total. The highest BCUT2D eigenvalue weighted by Crippen LogP contribution is 2.24. The summed E-state index contributed by atoms with van der Waals surface area (Å²) in [6.07, 6.45) is 0. The summed E-state index contributed by atoms with van der Waals surface area (Å²) in [5.74, 6) is -0.394. The molecule has 2 aromatic rings. The van der Waals surface area contributed by atoms with E-state index >= 15 is 0 Å². The second-order valence-electron chi connectivity index (χ2n) is 3.35. The van der Waals surface area contributed by atoms with Crippen LogP contribution in [0.3, 0.4) is 0 Å². The van der Waals surface area contributed by atoms with Gasteiger partial charge in [0.1, 0.15) is 5.82 Å². The topological polar surface area (TPSA) is 23.8 Å². The summed E-state index contributed by atoms with van der Waals surface area (Å²) in [7, 11) is 0. The van der Waals surface area contributed by atoms with Gasteiger partial charge >= 0.3 is 0 Å². The van der Waals surface area contributed by atoms with Gasteiger partial charge in [0, 0.05) is 4.47 Å². The zero-order chi connectivity index (χ0) is 11.5. The van der Waals surface area contributed by atoms with Gasteiger partial charge in [0.25, 0.3) is 0 Å². The van der Waals surface area contributed by atoms with Gasteiger partial charge in [-0.05, 0) is 41.5 Å². The molecule has 0 aliphatic carbocycles. The summed E-state index contributed by atoms with van der Waals surface area (Å²) in [5.41, 5.74) is 1.92. The average Bonchev–Trinajstić information content (AvgIpc) is 2.28. The predicted octanol–water partition coefficient (Wildman–Crippen LogP) is 4.13. The van der Waals surface area contributed by atoms with Crippen molar-refractivity contribution < 1.29 is 4.39 Å². The second-order valence-corrected chi connectivity index (χ2v) is 4.27. The first-order valence-electron chi connectivity index (χ1n) is 4.65. The van der Waals surface area contributed by atoms with E-state index in [4.69, 9.17) is 5.26 Å². The molecule has 0 spiro atoms. The largest absolute Gasteiger partial charge is 0.207 e. The Bertz CT molecular complexity index is 572. The molecule has 0 aliphatic heterocycles. The molecule has 2 aromatic carbocycles. The zero-order valence-corrected chi connectivity index (χ0v) is 9.83. The third-order valence-corrected chi connectivity index (χ3v) is 2.68. The number of rotatable bonds is 1. The number of hydrogen-bond acceptors (Lipinski definition) is 1. The molecule has 0 saturated carbocycles. The van der Waals surface area contributed by atoms with Gasteiger partial charge in [-0.3, -0.25) is 0 Å². The first-order valence-corrected chi connectivity index (χ1v) is 5.45. The van der Waals surface area contributed by atoms with Crippen LogP contribution in [0.2, 0.25) is 0 Å². The molecular formula is C13H7BrFN. The highest BCUT2D eigenvalue weighted by atomic mass is 79.9. The molecule has 0 amide bonds. The Balaban J connectivity index is 2.56. The standard InChI is InChI=1S/C13H7BrFN/c14-12-3-1-2-10(6-12)11-4-9(8-16)5-13(15)7-11/h1-7H. The van der Waals surface area contributed by atoms with Crippen LogP contribution in [-0.2, 0) is 0 Å². The molecular weight excluding hydrogens is 269 g/mol. The maximum Gasteiger partial charge on any atom is 0.125 e. The van der Waals surface area contributed by atoms with E-state index in [1.807, 2.05) is 30.3 Å². The molecule has 3 heteroatoms. The minimum absolute atomic E-state index is 0.329. The predicted molar refractivity (Wildman–Crippen MR) is 64.3 cm³/mol. The van der Waals surface area contributed by atoms with Crippen molar-refractivity contribution in [3.63, 3.8) is 0 Å². The number of halogens is 2. The van der Waals surface area contributed by atoms with Crippen molar-refractivity contribution in [3.8, 4) is 17.2 Å². The molecule has 2 rings (SSSR count). The maximum atomic E-state index is 13.2. The van der Waals surface area contributed by atoms with Crippen molar-refractivity contribution >= 4 is 15.9 Å². The van der Waals surface area contributed by atoms with Gasteiger partial charge < -0.3 is 0 Å². The number of benzene rings is 2. The lowest BCUT2D eigenvalue weighted by atomic mass is 10.0. The summed E-state index contributed by atoms with van der Waals surface area (Å²) >= 11 is 3.35. The molecule has 0 saturated heterocycles. The highest BCUT2D eigenvalue weighted by Gasteiger charge is 2.03. The third-order valence-electron chi connectivity index (χ3n) is 2.18. The first-order chi connectivity index (χ1) is 7.69. The smallest absolute Gasteiger partial charge is 0.125 e. The van der Waals surface area contributed by atoms with Crippen molar-refractivity contribution in [1.29, 1.82) is 5.26 Å². The number of nitrogens with zero attached hydrogens (tertiary/aromatic N) is 1. The Morgan fingerprint density at radius 3 is 2.56 bits per heavy atom. The van der Waals surface area contributed by atoms with E-state index in [0.717, 1.165) is 10.0 Å². The van der Waals surface area contributed by atoms with Crippen LogP contribution in [0.25, 0.3) is 11.1 Å². The quantitative estimate of drug-likeness (QED) is 0.768. The van der Waals surface area contributed by atoms with E-state index in [-0.39, 0.29) is 0 Å². The van der Waals surface area contributed by atoms with Gasteiger partial charge in [-0.25, -0.2) is 4.39 Å². The summed E-state index contributed by atoms with van der Waals surface area (Å²) in [6.45, 7) is 0. The summed E-state index contributed by atoms with van der Waals surface area (Å²) in [6, 6.07) is 13.8. The van der Waals surface area contributed by atoms with E-state index < -0.39 is 5.82 Å². The van der Waals surface area contributed by atoms with Crippen molar-refractivity contribution in [2.75, 3.05) is 0 Å². The number of nitriles is 1. The monoisotopic (exact) mass is 275 g/mol. The Kier molecular flexibility index (Phi) is 3.02. The molecule has 0 radical (unpaired) electrons. The van der Waals surface area contributed by atoms with Crippen molar-refractivity contribution in [2.24, 2.45) is 0 Å². The van der Waals surface area contributed by atoms with E-state index in [1.165, 1.54) is 12.1 Å². The first kappa shape index (κ1) is 10.8. The maximum absolute atomic E-state index is 13.2. The van der Waals surface area contributed by atoms with Crippen molar-refractivity contribution in [3.05, 3.63) is 58.3 Å². The van der Waals surface area contributed by atoms with Crippen LogP contribution in [0.4, 0.5) is 4.39 Å². The Hall–Kier alpha value is -1.66. The fourth-order valence-electron chi connectivity index (χ4n) is 1.49. The lowest BCUT2D eigenvalue weighted by Crippen LogP contribution is -1.84. The van der Waals surface area contributed by atoms with Crippen LogP contribution < -0.4 is 0 Å². The van der Waals surface area contributed by atoms with Crippen LogP contribution in [0.15, 0.2) is 46.9 Å². The van der Waals surface area contributed by atoms with Crippen LogP contribution in [0.1, 0.15) is 5.56 Å². The van der Waals surface area contributed by atoms with Crippen LogP contribution >= 0.6 is 15.9 Å². The normalized spacial score (nSPS) is 9.81. The van der Waals surface area contributed by atoms with Crippen molar-refractivity contribution in [2.45, 2.75) is 0 Å². The van der Waals surface area contributed by atoms with E-state index in [9.17, 15) is 4.39 Å². The highest BCUT2D eigenvalue weighted by molar-refractivity contribution is 9.10. The summed E-state index contributed by atoms with van der Waals surface area (Å²) in [4.78, 5) is 0. The molecule has 0 aromatic heterocycles. The minimum Gasteiger partial charge on any atom is -0.207 e. The fourth-order valence-corrected chi connectivity index (χ4v) is 1.89. The molecule has 0 aliphatic rings. The molecule has 0 bridgehead atoms. The molecule has 0 N–H and O–H groups in total. The molecule has 0 unspecified atom stereocenters. The van der Waals surface area contributed by atoms with Gasteiger partial charge in [-0.15, -0.1) is 0 Å². The lowest BCUT2D eigenvalue weighted by Gasteiger charge is -2.03. The van der Waals surface area contributed by atoms with E-state index in [1.54, 1.807) is 6.07 Å².